The number of aromatic nitrogens is 2. The lowest BCUT2D eigenvalue weighted by atomic mass is 10.1. The molecule has 0 spiro atoms. The van der Waals surface area contributed by atoms with Crippen LogP contribution < -0.4 is 4.72 Å². The van der Waals surface area contributed by atoms with Crippen LogP contribution in [0.25, 0.3) is 0 Å². The van der Waals surface area contributed by atoms with Gasteiger partial charge < -0.3 is 4.57 Å². The van der Waals surface area contributed by atoms with Crippen molar-refractivity contribution in [2.45, 2.75) is 31.7 Å². The molecule has 1 N–H and O–H groups in total. The first kappa shape index (κ1) is 14.6. The maximum atomic E-state index is 12.1. The summed E-state index contributed by atoms with van der Waals surface area (Å²) in [7, 11) is -3.56. The first-order valence-electron chi connectivity index (χ1n) is 6.57. The summed E-state index contributed by atoms with van der Waals surface area (Å²) in [6.07, 6.45) is 4.38. The summed E-state index contributed by atoms with van der Waals surface area (Å²) in [5.74, 6) is 0.944. The van der Waals surface area contributed by atoms with E-state index in [1.165, 1.54) is 0 Å². The van der Waals surface area contributed by atoms with E-state index in [1.54, 1.807) is 42.9 Å². The number of nitrogens with zero attached hydrogens (tertiary/aromatic N) is 2. The normalized spacial score (nSPS) is 11.8. The van der Waals surface area contributed by atoms with Crippen LogP contribution in [0.4, 0.5) is 5.82 Å². The molecule has 2 rings (SSSR count). The van der Waals surface area contributed by atoms with Gasteiger partial charge in [0.15, 0.2) is 5.82 Å². The van der Waals surface area contributed by atoms with Crippen molar-refractivity contribution in [1.82, 2.24) is 9.55 Å². The van der Waals surface area contributed by atoms with Crippen molar-refractivity contribution in [2.24, 2.45) is 5.92 Å². The highest BCUT2D eigenvalue weighted by atomic mass is 32.2. The largest absolute Gasteiger partial charge is 0.335 e. The number of nitrogens with one attached hydrogen (secondary N) is 1. The van der Waals surface area contributed by atoms with Crippen molar-refractivity contribution in [3.05, 3.63) is 42.9 Å². The topological polar surface area (TPSA) is 64.0 Å². The van der Waals surface area contributed by atoms with Crippen LogP contribution in [0.1, 0.15) is 20.3 Å². The Morgan fingerprint density at radius 1 is 1.25 bits per heavy atom. The lowest BCUT2D eigenvalue weighted by molar-refractivity contribution is 0.516. The molecular weight excluding hydrogens is 274 g/mol. The number of hydrogen-bond donors (Lipinski definition) is 1. The van der Waals surface area contributed by atoms with Crippen LogP contribution in [-0.2, 0) is 16.6 Å². The molecule has 5 nitrogen and oxygen atoms in total. The lowest BCUT2D eigenvalue weighted by Crippen LogP contribution is -2.13. The fourth-order valence-electron chi connectivity index (χ4n) is 1.74. The van der Waals surface area contributed by atoms with E-state index in [9.17, 15) is 8.42 Å². The first-order chi connectivity index (χ1) is 9.47. The molecule has 0 aliphatic rings. The van der Waals surface area contributed by atoms with Gasteiger partial charge in [-0.2, -0.15) is 0 Å². The number of sulfonamides is 1. The van der Waals surface area contributed by atoms with E-state index < -0.39 is 10.0 Å². The molecule has 108 valence electrons. The minimum Gasteiger partial charge on any atom is -0.335 e. The van der Waals surface area contributed by atoms with Gasteiger partial charge in [-0.1, -0.05) is 32.0 Å². The van der Waals surface area contributed by atoms with Gasteiger partial charge in [0.2, 0.25) is 0 Å². The number of anilines is 1. The smallest absolute Gasteiger partial charge is 0.263 e. The number of benzene rings is 1. The molecule has 0 aliphatic heterocycles. The number of rotatable bonds is 6. The third-order valence-electron chi connectivity index (χ3n) is 2.89. The van der Waals surface area contributed by atoms with E-state index in [2.05, 4.69) is 23.6 Å². The summed E-state index contributed by atoms with van der Waals surface area (Å²) < 4.78 is 28.6. The van der Waals surface area contributed by atoms with Crippen molar-refractivity contribution in [3.8, 4) is 0 Å². The van der Waals surface area contributed by atoms with E-state index in [0.717, 1.165) is 13.0 Å². The van der Waals surface area contributed by atoms with Crippen LogP contribution in [0.2, 0.25) is 0 Å². The van der Waals surface area contributed by atoms with E-state index in [1.807, 2.05) is 4.57 Å². The van der Waals surface area contributed by atoms with Crippen molar-refractivity contribution in [3.63, 3.8) is 0 Å². The Hall–Kier alpha value is -1.82. The monoisotopic (exact) mass is 293 g/mol. The third-order valence-corrected chi connectivity index (χ3v) is 4.26. The predicted octanol–water partition coefficient (Wildman–Crippen LogP) is 2.73. The van der Waals surface area contributed by atoms with Crippen LogP contribution >= 0.6 is 0 Å². The van der Waals surface area contributed by atoms with E-state index in [-0.39, 0.29) is 4.90 Å². The minimum absolute atomic E-state index is 0.233. The van der Waals surface area contributed by atoms with Crippen LogP contribution in [-0.4, -0.2) is 18.0 Å². The summed E-state index contributed by atoms with van der Waals surface area (Å²) in [6, 6.07) is 8.27. The summed E-state index contributed by atoms with van der Waals surface area (Å²) in [6.45, 7) is 5.13. The van der Waals surface area contributed by atoms with Crippen LogP contribution in [0, 0.1) is 5.92 Å². The van der Waals surface area contributed by atoms with Gasteiger partial charge in [-0.3, -0.25) is 4.72 Å². The number of hydrogen-bond acceptors (Lipinski definition) is 3. The number of aryl methyl sites for hydroxylation is 1. The second-order valence-electron chi connectivity index (χ2n) is 5.10. The molecule has 0 fully saturated rings. The lowest BCUT2D eigenvalue weighted by Gasteiger charge is -2.05. The maximum Gasteiger partial charge on any atom is 0.263 e. The summed E-state index contributed by atoms with van der Waals surface area (Å²) >= 11 is 0. The maximum absolute atomic E-state index is 12.1. The molecule has 0 unspecified atom stereocenters. The van der Waals surface area contributed by atoms with Crippen LogP contribution in [0.3, 0.4) is 0 Å². The Morgan fingerprint density at radius 2 is 1.95 bits per heavy atom. The fraction of sp³-hybridized carbons (Fsp3) is 0.357. The van der Waals surface area contributed by atoms with Gasteiger partial charge in [-0.25, -0.2) is 13.4 Å². The van der Waals surface area contributed by atoms with Crippen LogP contribution in [0.15, 0.2) is 47.8 Å². The van der Waals surface area contributed by atoms with Crippen molar-refractivity contribution in [2.75, 3.05) is 4.72 Å². The minimum atomic E-state index is -3.56. The summed E-state index contributed by atoms with van der Waals surface area (Å²) in [4.78, 5) is 4.31. The molecule has 0 atom stereocenters. The van der Waals surface area contributed by atoms with Gasteiger partial charge in [-0.05, 0) is 24.5 Å². The highest BCUT2D eigenvalue weighted by Crippen LogP contribution is 2.14. The van der Waals surface area contributed by atoms with E-state index >= 15 is 0 Å². The van der Waals surface area contributed by atoms with Crippen LogP contribution in [0.5, 0.6) is 0 Å². The zero-order valence-electron chi connectivity index (χ0n) is 11.7. The quantitative estimate of drug-likeness (QED) is 0.890. The summed E-state index contributed by atoms with van der Waals surface area (Å²) in [5.41, 5.74) is 0. The zero-order valence-corrected chi connectivity index (χ0v) is 12.5. The molecule has 1 aromatic carbocycles. The Labute approximate surface area is 119 Å². The van der Waals surface area contributed by atoms with Crippen molar-refractivity contribution >= 4 is 15.8 Å². The molecule has 0 bridgehead atoms. The van der Waals surface area contributed by atoms with E-state index in [4.69, 9.17) is 0 Å². The average molecular weight is 293 g/mol. The zero-order chi connectivity index (χ0) is 14.6. The third kappa shape index (κ3) is 3.84. The van der Waals surface area contributed by atoms with Gasteiger partial charge in [0.05, 0.1) is 11.2 Å². The Balaban J connectivity index is 2.07. The average Bonchev–Trinajstić information content (AvgIpc) is 2.84. The van der Waals surface area contributed by atoms with Gasteiger partial charge >= 0.3 is 0 Å². The molecule has 0 amide bonds. The highest BCUT2D eigenvalue weighted by molar-refractivity contribution is 7.92. The first-order valence-corrected chi connectivity index (χ1v) is 8.05. The number of imidazole rings is 1. The Morgan fingerprint density at radius 3 is 2.60 bits per heavy atom. The van der Waals surface area contributed by atoms with Gasteiger partial charge in [0, 0.05) is 12.7 Å². The SMILES string of the molecule is CC(C)CCn1cnc(NS(=O)(=O)c2ccccc2)c1. The molecule has 0 aliphatic carbocycles. The Bertz CT molecular complexity index is 648. The molecule has 6 heteroatoms. The fourth-order valence-corrected chi connectivity index (χ4v) is 2.75. The Kier molecular flexibility index (Phi) is 4.44. The summed E-state index contributed by atoms with van der Waals surface area (Å²) in [5, 5.41) is 0. The molecule has 2 aromatic rings. The van der Waals surface area contributed by atoms with Gasteiger partial charge in [0.25, 0.3) is 10.0 Å². The molecule has 0 saturated heterocycles. The molecule has 1 aromatic heterocycles. The second kappa shape index (κ2) is 6.09. The van der Waals surface area contributed by atoms with Crippen molar-refractivity contribution in [1.29, 1.82) is 0 Å². The molecule has 0 saturated carbocycles. The van der Waals surface area contributed by atoms with E-state index in [0.29, 0.717) is 11.7 Å². The van der Waals surface area contributed by atoms with Gasteiger partial charge in [-0.15, -0.1) is 0 Å². The molecule has 0 radical (unpaired) electrons. The molecule has 1 heterocycles. The molecular formula is C14H19N3O2S. The standard InChI is InChI=1S/C14H19N3O2S/c1-12(2)8-9-17-10-14(15-11-17)16-20(18,19)13-6-4-3-5-7-13/h3-7,10-12,16H,8-9H2,1-2H3. The van der Waals surface area contributed by atoms with Gasteiger partial charge in [0.1, 0.15) is 0 Å². The predicted molar refractivity (Wildman–Crippen MR) is 78.9 cm³/mol. The second-order valence-corrected chi connectivity index (χ2v) is 6.78. The highest BCUT2D eigenvalue weighted by Gasteiger charge is 2.14. The molecule has 20 heavy (non-hydrogen) atoms. The van der Waals surface area contributed by atoms with Crippen molar-refractivity contribution < 1.29 is 8.42 Å².